The number of rotatable bonds is 2. The van der Waals surface area contributed by atoms with Crippen LogP contribution in [0.4, 0.5) is 0 Å². The molecular formula is C17H16. The summed E-state index contributed by atoms with van der Waals surface area (Å²) in [6, 6.07) is 15.2. The SMILES string of the molecule is CC(c1cccc2ccccc12)C1C=CC=C1. The molecule has 0 spiro atoms. The van der Waals surface area contributed by atoms with Gasteiger partial charge >= 0.3 is 0 Å². The van der Waals surface area contributed by atoms with E-state index in [1.807, 2.05) is 0 Å². The highest BCUT2D eigenvalue weighted by Gasteiger charge is 2.17. The molecule has 0 saturated heterocycles. The summed E-state index contributed by atoms with van der Waals surface area (Å²) in [6.45, 7) is 2.31. The molecule has 0 radical (unpaired) electrons. The highest BCUT2D eigenvalue weighted by atomic mass is 14.2. The lowest BCUT2D eigenvalue weighted by Gasteiger charge is -2.18. The Labute approximate surface area is 102 Å². The number of fused-ring (bicyclic) bond motifs is 1. The molecule has 1 unspecified atom stereocenters. The third-order valence-corrected chi connectivity index (χ3v) is 3.67. The summed E-state index contributed by atoms with van der Waals surface area (Å²) in [5.41, 5.74) is 1.45. The fourth-order valence-corrected chi connectivity index (χ4v) is 2.64. The summed E-state index contributed by atoms with van der Waals surface area (Å²) < 4.78 is 0. The molecule has 0 N–H and O–H groups in total. The van der Waals surface area contributed by atoms with Crippen LogP contribution in [0.2, 0.25) is 0 Å². The minimum atomic E-state index is 0.538. The van der Waals surface area contributed by atoms with E-state index in [2.05, 4.69) is 73.7 Å². The first kappa shape index (κ1) is 10.3. The smallest absolute Gasteiger partial charge is 0.00191 e. The highest BCUT2D eigenvalue weighted by Crippen LogP contribution is 2.33. The van der Waals surface area contributed by atoms with Gasteiger partial charge in [0.05, 0.1) is 0 Å². The third-order valence-electron chi connectivity index (χ3n) is 3.67. The molecule has 0 aliphatic heterocycles. The van der Waals surface area contributed by atoms with Crippen LogP contribution in [0, 0.1) is 5.92 Å². The van der Waals surface area contributed by atoms with Crippen LogP contribution in [0.3, 0.4) is 0 Å². The Bertz CT molecular complexity index is 573. The molecule has 0 heterocycles. The Kier molecular flexibility index (Phi) is 2.56. The minimum absolute atomic E-state index is 0.538. The maximum absolute atomic E-state index is 2.31. The van der Waals surface area contributed by atoms with E-state index in [9.17, 15) is 0 Å². The zero-order valence-electron chi connectivity index (χ0n) is 10.0. The molecule has 0 fully saturated rings. The quantitative estimate of drug-likeness (QED) is 0.689. The number of hydrogen-bond donors (Lipinski definition) is 0. The molecule has 0 amide bonds. The molecule has 0 nitrogen and oxygen atoms in total. The van der Waals surface area contributed by atoms with Crippen molar-refractivity contribution in [2.45, 2.75) is 12.8 Å². The molecule has 17 heavy (non-hydrogen) atoms. The third kappa shape index (κ3) is 1.80. The number of allylic oxidation sites excluding steroid dienone is 4. The van der Waals surface area contributed by atoms with Crippen LogP contribution >= 0.6 is 0 Å². The summed E-state index contributed by atoms with van der Waals surface area (Å²) in [4.78, 5) is 0. The van der Waals surface area contributed by atoms with E-state index < -0.39 is 0 Å². The van der Waals surface area contributed by atoms with Crippen LogP contribution in [0.1, 0.15) is 18.4 Å². The fourth-order valence-electron chi connectivity index (χ4n) is 2.64. The average molecular weight is 220 g/mol. The predicted octanol–water partition coefficient (Wildman–Crippen LogP) is 4.69. The van der Waals surface area contributed by atoms with E-state index in [1.54, 1.807) is 0 Å². The van der Waals surface area contributed by atoms with Crippen LogP contribution in [0.25, 0.3) is 10.8 Å². The maximum atomic E-state index is 2.31. The number of hydrogen-bond acceptors (Lipinski definition) is 0. The maximum Gasteiger partial charge on any atom is 0.00191 e. The highest BCUT2D eigenvalue weighted by molar-refractivity contribution is 5.86. The summed E-state index contributed by atoms with van der Waals surface area (Å²) in [7, 11) is 0. The van der Waals surface area contributed by atoms with E-state index in [-0.39, 0.29) is 0 Å². The molecule has 84 valence electrons. The number of benzene rings is 2. The molecule has 0 aromatic heterocycles. The molecule has 2 aromatic carbocycles. The van der Waals surface area contributed by atoms with Crippen LogP contribution in [-0.4, -0.2) is 0 Å². The molecule has 1 aliphatic rings. The van der Waals surface area contributed by atoms with Crippen LogP contribution in [-0.2, 0) is 0 Å². The summed E-state index contributed by atoms with van der Waals surface area (Å²) in [5.74, 6) is 1.08. The first-order valence-electron chi connectivity index (χ1n) is 6.19. The van der Waals surface area contributed by atoms with E-state index >= 15 is 0 Å². The summed E-state index contributed by atoms with van der Waals surface area (Å²) >= 11 is 0. The van der Waals surface area contributed by atoms with Gasteiger partial charge in [0, 0.05) is 5.92 Å². The van der Waals surface area contributed by atoms with Gasteiger partial charge in [-0.25, -0.2) is 0 Å². The van der Waals surface area contributed by atoms with E-state index in [4.69, 9.17) is 0 Å². The first-order valence-corrected chi connectivity index (χ1v) is 6.19. The lowest BCUT2D eigenvalue weighted by atomic mass is 9.86. The van der Waals surface area contributed by atoms with Crippen LogP contribution in [0.15, 0.2) is 66.8 Å². The van der Waals surface area contributed by atoms with Gasteiger partial charge in [-0.1, -0.05) is 73.7 Å². The molecular weight excluding hydrogens is 204 g/mol. The van der Waals surface area contributed by atoms with Crippen molar-refractivity contribution in [1.29, 1.82) is 0 Å². The first-order chi connectivity index (χ1) is 8.36. The van der Waals surface area contributed by atoms with Gasteiger partial charge in [0.15, 0.2) is 0 Å². The Hall–Kier alpha value is -1.82. The molecule has 3 rings (SSSR count). The monoisotopic (exact) mass is 220 g/mol. The van der Waals surface area contributed by atoms with Gasteiger partial charge in [-0.15, -0.1) is 0 Å². The zero-order valence-corrected chi connectivity index (χ0v) is 10.0. The Balaban J connectivity index is 2.10. The fraction of sp³-hybridized carbons (Fsp3) is 0.176. The Morgan fingerprint density at radius 3 is 2.41 bits per heavy atom. The minimum Gasteiger partial charge on any atom is -0.0770 e. The van der Waals surface area contributed by atoms with Crippen LogP contribution < -0.4 is 0 Å². The Morgan fingerprint density at radius 2 is 1.59 bits per heavy atom. The normalized spacial score (nSPS) is 16.8. The predicted molar refractivity (Wildman–Crippen MR) is 74.1 cm³/mol. The zero-order chi connectivity index (χ0) is 11.7. The van der Waals surface area contributed by atoms with Gasteiger partial charge < -0.3 is 0 Å². The second-order valence-corrected chi connectivity index (χ2v) is 4.70. The van der Waals surface area contributed by atoms with Gasteiger partial charge in [-0.05, 0) is 22.3 Å². The lowest BCUT2D eigenvalue weighted by molar-refractivity contribution is 0.658. The standard InChI is InChI=1S/C17H16/c1-13(14-7-2-3-8-14)16-12-6-10-15-9-4-5-11-17(15)16/h2-14H,1H3. The van der Waals surface area contributed by atoms with E-state index in [1.165, 1.54) is 16.3 Å². The van der Waals surface area contributed by atoms with Crippen molar-refractivity contribution in [2.75, 3.05) is 0 Å². The summed E-state index contributed by atoms with van der Waals surface area (Å²) in [5, 5.41) is 2.72. The van der Waals surface area contributed by atoms with E-state index in [0.717, 1.165) is 0 Å². The largest absolute Gasteiger partial charge is 0.0770 e. The van der Waals surface area contributed by atoms with Crippen molar-refractivity contribution in [2.24, 2.45) is 5.92 Å². The Morgan fingerprint density at radius 1 is 0.882 bits per heavy atom. The van der Waals surface area contributed by atoms with Gasteiger partial charge in [-0.3, -0.25) is 0 Å². The van der Waals surface area contributed by atoms with Crippen molar-refractivity contribution in [3.05, 3.63) is 72.3 Å². The summed E-state index contributed by atoms with van der Waals surface area (Å²) in [6.07, 6.45) is 8.86. The van der Waals surface area contributed by atoms with Crippen molar-refractivity contribution in [3.63, 3.8) is 0 Å². The van der Waals surface area contributed by atoms with Crippen molar-refractivity contribution >= 4 is 10.8 Å². The van der Waals surface area contributed by atoms with Crippen molar-refractivity contribution in [3.8, 4) is 0 Å². The van der Waals surface area contributed by atoms with Crippen LogP contribution in [0.5, 0.6) is 0 Å². The second kappa shape index (κ2) is 4.21. The van der Waals surface area contributed by atoms with Gasteiger partial charge in [0.1, 0.15) is 0 Å². The second-order valence-electron chi connectivity index (χ2n) is 4.70. The van der Waals surface area contributed by atoms with Crippen molar-refractivity contribution < 1.29 is 0 Å². The molecule has 2 aromatic rings. The molecule has 0 heteroatoms. The average Bonchev–Trinajstić information content (AvgIpc) is 2.91. The van der Waals surface area contributed by atoms with Crippen molar-refractivity contribution in [1.82, 2.24) is 0 Å². The van der Waals surface area contributed by atoms with Gasteiger partial charge in [0.2, 0.25) is 0 Å². The topological polar surface area (TPSA) is 0 Å². The van der Waals surface area contributed by atoms with Gasteiger partial charge in [0.25, 0.3) is 0 Å². The van der Waals surface area contributed by atoms with Gasteiger partial charge in [-0.2, -0.15) is 0 Å². The van der Waals surface area contributed by atoms with E-state index in [0.29, 0.717) is 11.8 Å². The molecule has 1 atom stereocenters. The molecule has 0 saturated carbocycles. The molecule has 0 bridgehead atoms. The lowest BCUT2D eigenvalue weighted by Crippen LogP contribution is -2.03. The molecule has 1 aliphatic carbocycles.